The summed E-state index contributed by atoms with van der Waals surface area (Å²) in [5.74, 6) is 0.294. The summed E-state index contributed by atoms with van der Waals surface area (Å²) in [7, 11) is 1.88. The van der Waals surface area contributed by atoms with E-state index in [0.717, 1.165) is 40.6 Å². The van der Waals surface area contributed by atoms with Crippen molar-refractivity contribution in [1.29, 1.82) is 0 Å². The Labute approximate surface area is 194 Å². The van der Waals surface area contributed by atoms with Crippen molar-refractivity contribution in [2.75, 3.05) is 32.8 Å². The molecule has 7 nitrogen and oxygen atoms in total. The van der Waals surface area contributed by atoms with Gasteiger partial charge >= 0.3 is 0 Å². The first kappa shape index (κ1) is 21.3. The third-order valence-electron chi connectivity index (χ3n) is 5.49. The predicted octanol–water partition coefficient (Wildman–Crippen LogP) is 3.50. The van der Waals surface area contributed by atoms with Gasteiger partial charge in [0.1, 0.15) is 11.9 Å². The lowest BCUT2D eigenvalue weighted by molar-refractivity contribution is 0.0419. The van der Waals surface area contributed by atoms with Crippen LogP contribution in [-0.4, -0.2) is 58.3 Å². The zero-order chi connectivity index (χ0) is 22.1. The van der Waals surface area contributed by atoms with E-state index in [1.165, 1.54) is 23.5 Å². The van der Waals surface area contributed by atoms with Crippen LogP contribution in [0.5, 0.6) is 0 Å². The third-order valence-corrected chi connectivity index (χ3v) is 6.60. The first-order valence-corrected chi connectivity index (χ1v) is 11.6. The first-order valence-electron chi connectivity index (χ1n) is 10.3. The molecule has 10 heteroatoms. The zero-order valence-electron chi connectivity index (χ0n) is 17.5. The molecule has 3 aromatic rings. The van der Waals surface area contributed by atoms with Crippen molar-refractivity contribution >= 4 is 34.3 Å². The van der Waals surface area contributed by atoms with Crippen molar-refractivity contribution in [2.24, 2.45) is 12.0 Å². The molecule has 0 unspecified atom stereocenters. The Morgan fingerprint density at radius 3 is 2.81 bits per heavy atom. The highest BCUT2D eigenvalue weighted by molar-refractivity contribution is 7.11. The van der Waals surface area contributed by atoms with Crippen LogP contribution in [0.3, 0.4) is 0 Å². The molecule has 0 aliphatic carbocycles. The quantitative estimate of drug-likeness (QED) is 0.615. The first-order chi connectivity index (χ1) is 15.6. The van der Waals surface area contributed by atoms with Gasteiger partial charge in [0.25, 0.3) is 0 Å². The average Bonchev–Trinajstić information content (AvgIpc) is 3.46. The molecule has 0 radical (unpaired) electrons. The maximum absolute atomic E-state index is 13.8. The molecule has 0 spiro atoms. The van der Waals surface area contributed by atoms with E-state index in [2.05, 4.69) is 20.3 Å². The maximum Gasteiger partial charge on any atom is 0.163 e. The Morgan fingerprint density at radius 1 is 1.28 bits per heavy atom. The molecule has 2 aromatic heterocycles. The minimum absolute atomic E-state index is 0.332. The fourth-order valence-electron chi connectivity index (χ4n) is 3.96. The second-order valence-corrected chi connectivity index (χ2v) is 8.97. The van der Waals surface area contributed by atoms with E-state index in [4.69, 9.17) is 21.3 Å². The highest BCUT2D eigenvalue weighted by Gasteiger charge is 2.32. The van der Waals surface area contributed by atoms with Crippen molar-refractivity contribution in [3.8, 4) is 0 Å². The molecule has 166 valence electrons. The van der Waals surface area contributed by atoms with E-state index in [0.29, 0.717) is 30.6 Å². The van der Waals surface area contributed by atoms with Gasteiger partial charge in [0.05, 0.1) is 18.9 Å². The molecule has 2 aliphatic rings. The summed E-state index contributed by atoms with van der Waals surface area (Å²) in [4.78, 5) is 11.8. The summed E-state index contributed by atoms with van der Waals surface area (Å²) < 4.78 is 21.1. The second-order valence-electron chi connectivity index (χ2n) is 7.66. The van der Waals surface area contributed by atoms with Gasteiger partial charge in [0.15, 0.2) is 10.8 Å². The van der Waals surface area contributed by atoms with Crippen LogP contribution in [0.25, 0.3) is 5.57 Å². The summed E-state index contributed by atoms with van der Waals surface area (Å²) >= 11 is 8.02. The molecule has 1 atom stereocenters. The Bertz CT molecular complexity index is 1170. The summed E-state index contributed by atoms with van der Waals surface area (Å²) in [5.41, 5.74) is 3.43. The number of morpholine rings is 1. The number of hydrogen-bond acceptors (Lipinski definition) is 7. The van der Waals surface area contributed by atoms with Crippen molar-refractivity contribution in [1.82, 2.24) is 25.0 Å². The molecule has 5 rings (SSSR count). The van der Waals surface area contributed by atoms with E-state index < -0.39 is 6.04 Å². The van der Waals surface area contributed by atoms with Crippen molar-refractivity contribution in [3.05, 3.63) is 74.8 Å². The van der Waals surface area contributed by atoms with E-state index >= 15 is 0 Å². The summed E-state index contributed by atoms with van der Waals surface area (Å²) in [6.07, 6.45) is 3.65. The number of aryl methyl sites for hydroxylation is 1. The van der Waals surface area contributed by atoms with Gasteiger partial charge in [-0.15, -0.1) is 11.3 Å². The van der Waals surface area contributed by atoms with Gasteiger partial charge in [-0.3, -0.25) is 14.6 Å². The number of thiazole rings is 1. The van der Waals surface area contributed by atoms with Crippen LogP contribution in [0.4, 0.5) is 4.39 Å². The average molecular weight is 473 g/mol. The van der Waals surface area contributed by atoms with Crippen molar-refractivity contribution in [3.63, 3.8) is 0 Å². The standard InChI is InChI=1S/C22H22ClFN6OS/c1-29-6-4-17(28-29)19-18(13-30-7-9-31-10-8-30)26-21(22-25-5-11-32-22)27-20(19)15-3-2-14(24)12-16(15)23/h2-6,11-12,20H,7-10,13H2,1H3,(H,26,27)/t20-/m0/s1. The number of rotatable bonds is 5. The number of aromatic nitrogens is 3. The molecule has 0 amide bonds. The molecular formula is C22H22ClFN6OS. The molecule has 1 N–H and O–H groups in total. The fraction of sp³-hybridized carbons (Fsp3) is 0.318. The lowest BCUT2D eigenvalue weighted by Crippen LogP contribution is -2.42. The predicted molar refractivity (Wildman–Crippen MR) is 123 cm³/mol. The van der Waals surface area contributed by atoms with Gasteiger partial charge in [-0.25, -0.2) is 9.37 Å². The fourth-order valence-corrected chi connectivity index (χ4v) is 4.82. The molecule has 32 heavy (non-hydrogen) atoms. The SMILES string of the molecule is Cn1ccc(C2=C(CN3CCOCC3)NC(c3nccs3)=N[C@H]2c2ccc(F)cc2Cl)n1. The van der Waals surface area contributed by atoms with Crippen molar-refractivity contribution in [2.45, 2.75) is 6.04 Å². The lowest BCUT2D eigenvalue weighted by Gasteiger charge is -2.32. The minimum Gasteiger partial charge on any atom is -0.379 e. The van der Waals surface area contributed by atoms with Crippen LogP contribution in [0.15, 0.2) is 52.7 Å². The van der Waals surface area contributed by atoms with Crippen LogP contribution < -0.4 is 5.32 Å². The lowest BCUT2D eigenvalue weighted by atomic mass is 9.93. The number of amidine groups is 1. The largest absolute Gasteiger partial charge is 0.379 e. The van der Waals surface area contributed by atoms with Gasteiger partial charge < -0.3 is 10.1 Å². The van der Waals surface area contributed by atoms with Gasteiger partial charge in [-0.2, -0.15) is 5.10 Å². The molecule has 0 bridgehead atoms. The molecule has 0 saturated carbocycles. The van der Waals surface area contributed by atoms with E-state index in [-0.39, 0.29) is 5.82 Å². The maximum atomic E-state index is 13.8. The Hall–Kier alpha value is -2.59. The van der Waals surface area contributed by atoms with Gasteiger partial charge in [0, 0.05) is 66.3 Å². The molecule has 1 aromatic carbocycles. The summed E-state index contributed by atoms with van der Waals surface area (Å²) in [6, 6.07) is 5.96. The number of ether oxygens (including phenoxy) is 1. The topological polar surface area (TPSA) is 67.6 Å². The van der Waals surface area contributed by atoms with E-state index in [1.807, 2.05) is 24.7 Å². The third kappa shape index (κ3) is 4.33. The van der Waals surface area contributed by atoms with Crippen LogP contribution in [-0.2, 0) is 11.8 Å². The van der Waals surface area contributed by atoms with E-state index in [9.17, 15) is 4.39 Å². The molecular weight excluding hydrogens is 451 g/mol. The van der Waals surface area contributed by atoms with Crippen molar-refractivity contribution < 1.29 is 9.13 Å². The second kappa shape index (κ2) is 9.11. The highest BCUT2D eigenvalue weighted by atomic mass is 35.5. The molecule has 4 heterocycles. The van der Waals surface area contributed by atoms with Gasteiger partial charge in [-0.05, 0) is 18.2 Å². The number of hydrogen-bond donors (Lipinski definition) is 1. The summed E-state index contributed by atoms with van der Waals surface area (Å²) in [5, 5.41) is 11.2. The van der Waals surface area contributed by atoms with Crippen LogP contribution in [0.1, 0.15) is 22.3 Å². The minimum atomic E-state index is -0.450. The highest BCUT2D eigenvalue weighted by Crippen LogP contribution is 2.40. The number of nitrogens with zero attached hydrogens (tertiary/aromatic N) is 5. The molecule has 1 fully saturated rings. The Balaban J connectivity index is 1.65. The zero-order valence-corrected chi connectivity index (χ0v) is 19.0. The Kier molecular flexibility index (Phi) is 6.05. The summed E-state index contributed by atoms with van der Waals surface area (Å²) in [6.45, 7) is 3.76. The number of nitrogens with one attached hydrogen (secondary N) is 1. The number of benzene rings is 1. The van der Waals surface area contributed by atoms with E-state index in [1.54, 1.807) is 16.9 Å². The van der Waals surface area contributed by atoms with Crippen LogP contribution >= 0.6 is 22.9 Å². The normalized spacial score (nSPS) is 19.7. The molecule has 2 aliphatic heterocycles. The van der Waals surface area contributed by atoms with Gasteiger partial charge in [-0.1, -0.05) is 17.7 Å². The number of halogens is 2. The smallest absolute Gasteiger partial charge is 0.163 e. The van der Waals surface area contributed by atoms with Crippen LogP contribution in [0, 0.1) is 5.82 Å². The van der Waals surface area contributed by atoms with Crippen LogP contribution in [0.2, 0.25) is 5.02 Å². The van der Waals surface area contributed by atoms with Gasteiger partial charge in [0.2, 0.25) is 0 Å². The molecule has 1 saturated heterocycles. The number of aliphatic imine (C=N–C) groups is 1. The Morgan fingerprint density at radius 2 is 2.12 bits per heavy atom. The monoisotopic (exact) mass is 472 g/mol.